The Morgan fingerprint density at radius 2 is 1.77 bits per heavy atom. The van der Waals surface area contributed by atoms with Crippen molar-refractivity contribution in [2.45, 2.75) is 19.9 Å². The van der Waals surface area contributed by atoms with Crippen molar-refractivity contribution in [3.05, 3.63) is 48.0 Å². The lowest BCUT2D eigenvalue weighted by molar-refractivity contribution is -0.150. The molecule has 0 bridgehead atoms. The van der Waals surface area contributed by atoms with Gasteiger partial charge in [0.1, 0.15) is 13.2 Å². The van der Waals surface area contributed by atoms with Crippen LogP contribution in [0.3, 0.4) is 0 Å². The van der Waals surface area contributed by atoms with Gasteiger partial charge in [-0.1, -0.05) is 30.3 Å². The molecule has 1 aromatic rings. The maximum Gasteiger partial charge on any atom is 0.331 e. The fourth-order valence-electron chi connectivity index (χ4n) is 1.98. The first-order valence-corrected chi connectivity index (χ1v) is 7.97. The summed E-state index contributed by atoms with van der Waals surface area (Å²) in [6.07, 6.45) is 1.26. The van der Waals surface area contributed by atoms with Crippen LogP contribution in [0.1, 0.15) is 18.9 Å². The number of ether oxygens (including phenoxy) is 2. The zero-order valence-electron chi connectivity index (χ0n) is 14.4. The fourth-order valence-corrected chi connectivity index (χ4v) is 1.98. The van der Waals surface area contributed by atoms with Gasteiger partial charge in [0.2, 0.25) is 5.91 Å². The first-order chi connectivity index (χ1) is 12.4. The molecular formula is C18H21NO7. The fraction of sp³-hybridized carbons (Fsp3) is 0.333. The monoisotopic (exact) mass is 363 g/mol. The number of carboxylic acid groups (broad SMARTS) is 1. The highest BCUT2D eigenvalue weighted by Crippen LogP contribution is 2.07. The number of nitrogens with zero attached hydrogens (tertiary/aromatic N) is 1. The lowest BCUT2D eigenvalue weighted by Crippen LogP contribution is -2.36. The molecular weight excluding hydrogens is 342 g/mol. The van der Waals surface area contributed by atoms with Crippen LogP contribution in [0, 0.1) is 0 Å². The molecule has 1 amide bonds. The molecule has 0 atom stereocenters. The second-order valence-corrected chi connectivity index (χ2v) is 5.13. The van der Waals surface area contributed by atoms with Gasteiger partial charge in [-0.15, -0.1) is 0 Å². The van der Waals surface area contributed by atoms with E-state index in [2.05, 4.69) is 0 Å². The Bertz CT molecular complexity index is 655. The normalized spacial score (nSPS) is 10.3. The van der Waals surface area contributed by atoms with Crippen LogP contribution in [-0.4, -0.2) is 53.6 Å². The van der Waals surface area contributed by atoms with E-state index in [1.165, 1.54) is 4.90 Å². The van der Waals surface area contributed by atoms with Crippen molar-refractivity contribution < 1.29 is 33.8 Å². The third kappa shape index (κ3) is 8.62. The minimum absolute atomic E-state index is 0.140. The molecule has 0 aliphatic rings. The minimum Gasteiger partial charge on any atom is -0.478 e. The topological polar surface area (TPSA) is 110 Å². The lowest BCUT2D eigenvalue weighted by atomic mass is 10.2. The van der Waals surface area contributed by atoms with Crippen molar-refractivity contribution in [3.8, 4) is 0 Å². The highest BCUT2D eigenvalue weighted by atomic mass is 16.5. The summed E-state index contributed by atoms with van der Waals surface area (Å²) in [6, 6.07) is 9.12. The van der Waals surface area contributed by atoms with Crippen molar-refractivity contribution in [1.29, 1.82) is 0 Å². The Balaban J connectivity index is 2.61. The van der Waals surface area contributed by atoms with E-state index in [0.717, 1.165) is 11.6 Å². The molecule has 1 aromatic carbocycles. The maximum atomic E-state index is 12.3. The van der Waals surface area contributed by atoms with E-state index >= 15 is 0 Å². The van der Waals surface area contributed by atoms with Crippen molar-refractivity contribution in [1.82, 2.24) is 4.90 Å². The van der Waals surface area contributed by atoms with Gasteiger partial charge in [0, 0.05) is 18.7 Å². The van der Waals surface area contributed by atoms with Gasteiger partial charge in [-0.2, -0.15) is 0 Å². The Morgan fingerprint density at radius 3 is 2.38 bits per heavy atom. The Kier molecular flexibility index (Phi) is 9.16. The summed E-state index contributed by atoms with van der Waals surface area (Å²) in [5, 5.41) is 8.42. The number of hydrogen-bond donors (Lipinski definition) is 1. The molecule has 0 saturated heterocycles. The average Bonchev–Trinajstić information content (AvgIpc) is 2.60. The van der Waals surface area contributed by atoms with Crippen molar-refractivity contribution >= 4 is 23.8 Å². The Morgan fingerprint density at radius 1 is 1.08 bits per heavy atom. The summed E-state index contributed by atoms with van der Waals surface area (Å²) < 4.78 is 9.64. The molecule has 0 aliphatic heterocycles. The Labute approximate surface area is 151 Å². The predicted molar refractivity (Wildman–Crippen MR) is 90.8 cm³/mol. The quantitative estimate of drug-likeness (QED) is 0.490. The predicted octanol–water partition coefficient (Wildman–Crippen LogP) is 1.15. The van der Waals surface area contributed by atoms with E-state index in [1.807, 2.05) is 30.3 Å². The molecule has 0 aliphatic carbocycles. The second kappa shape index (κ2) is 11.4. The van der Waals surface area contributed by atoms with Gasteiger partial charge < -0.3 is 19.5 Å². The summed E-state index contributed by atoms with van der Waals surface area (Å²) in [6.45, 7) is 1.65. The molecule has 1 rings (SSSR count). The van der Waals surface area contributed by atoms with E-state index in [4.69, 9.17) is 14.6 Å². The standard InChI is InChI=1S/C18H21NO7/c1-2-25-18(24)13-19(12-14-6-4-3-5-7-14)15(20)10-11-26-17(23)9-8-16(21)22/h3-9H,2,10-13H2,1H3,(H,21,22)/b9-8+. The molecule has 8 nitrogen and oxygen atoms in total. The van der Waals surface area contributed by atoms with Gasteiger partial charge in [0.05, 0.1) is 13.0 Å². The van der Waals surface area contributed by atoms with Gasteiger partial charge in [-0.25, -0.2) is 9.59 Å². The second-order valence-electron chi connectivity index (χ2n) is 5.13. The molecule has 0 aromatic heterocycles. The molecule has 0 fully saturated rings. The number of carbonyl (C=O) groups excluding carboxylic acids is 3. The summed E-state index contributed by atoms with van der Waals surface area (Å²) in [5.74, 6) is -3.06. The molecule has 0 spiro atoms. The smallest absolute Gasteiger partial charge is 0.331 e. The van der Waals surface area contributed by atoms with Crippen LogP contribution in [0.5, 0.6) is 0 Å². The van der Waals surface area contributed by atoms with Crippen LogP contribution < -0.4 is 0 Å². The number of aliphatic carboxylic acids is 1. The number of carboxylic acids is 1. The first kappa shape index (κ1) is 20.9. The van der Waals surface area contributed by atoms with Crippen molar-refractivity contribution in [3.63, 3.8) is 0 Å². The van der Waals surface area contributed by atoms with Crippen LogP contribution >= 0.6 is 0 Å². The summed E-state index contributed by atoms with van der Waals surface area (Å²) in [7, 11) is 0. The van der Waals surface area contributed by atoms with Gasteiger partial charge >= 0.3 is 17.9 Å². The van der Waals surface area contributed by atoms with E-state index < -0.39 is 23.8 Å². The molecule has 0 heterocycles. The molecule has 0 unspecified atom stereocenters. The van der Waals surface area contributed by atoms with E-state index in [9.17, 15) is 19.2 Å². The zero-order chi connectivity index (χ0) is 19.4. The minimum atomic E-state index is -1.28. The molecule has 0 saturated carbocycles. The molecule has 8 heteroatoms. The number of amides is 1. The van der Waals surface area contributed by atoms with E-state index in [1.54, 1.807) is 6.92 Å². The summed E-state index contributed by atoms with van der Waals surface area (Å²) in [4.78, 5) is 47.0. The third-order valence-electron chi connectivity index (χ3n) is 3.12. The molecule has 140 valence electrons. The van der Waals surface area contributed by atoms with Crippen LogP contribution in [0.15, 0.2) is 42.5 Å². The number of hydrogen-bond acceptors (Lipinski definition) is 6. The Hall–Kier alpha value is -3.16. The molecule has 1 N–H and O–H groups in total. The molecule has 0 radical (unpaired) electrons. The van der Waals surface area contributed by atoms with Crippen molar-refractivity contribution in [2.75, 3.05) is 19.8 Å². The zero-order valence-corrected chi connectivity index (χ0v) is 14.4. The number of rotatable bonds is 10. The average molecular weight is 363 g/mol. The lowest BCUT2D eigenvalue weighted by Gasteiger charge is -2.22. The van der Waals surface area contributed by atoms with Gasteiger partial charge in [0.25, 0.3) is 0 Å². The van der Waals surface area contributed by atoms with E-state index in [-0.39, 0.29) is 32.7 Å². The summed E-state index contributed by atoms with van der Waals surface area (Å²) in [5.41, 5.74) is 0.839. The van der Waals surface area contributed by atoms with Crippen LogP contribution in [-0.2, 0) is 35.2 Å². The largest absolute Gasteiger partial charge is 0.478 e. The van der Waals surface area contributed by atoms with Crippen LogP contribution in [0.2, 0.25) is 0 Å². The molecule has 26 heavy (non-hydrogen) atoms. The van der Waals surface area contributed by atoms with Crippen molar-refractivity contribution in [2.24, 2.45) is 0 Å². The van der Waals surface area contributed by atoms with Gasteiger partial charge in [0.15, 0.2) is 0 Å². The number of benzene rings is 1. The highest BCUT2D eigenvalue weighted by Gasteiger charge is 2.18. The SMILES string of the molecule is CCOC(=O)CN(Cc1ccccc1)C(=O)CCOC(=O)/C=C/C(=O)O. The van der Waals surface area contributed by atoms with E-state index in [0.29, 0.717) is 6.08 Å². The van der Waals surface area contributed by atoms with Gasteiger partial charge in [-0.05, 0) is 12.5 Å². The number of carbonyl (C=O) groups is 4. The summed E-state index contributed by atoms with van der Waals surface area (Å²) >= 11 is 0. The van der Waals surface area contributed by atoms with Crippen LogP contribution in [0.25, 0.3) is 0 Å². The maximum absolute atomic E-state index is 12.3. The number of esters is 2. The first-order valence-electron chi connectivity index (χ1n) is 7.97. The highest BCUT2D eigenvalue weighted by molar-refractivity contribution is 5.90. The third-order valence-corrected chi connectivity index (χ3v) is 3.12. The van der Waals surface area contributed by atoms with Crippen LogP contribution in [0.4, 0.5) is 0 Å². The van der Waals surface area contributed by atoms with Gasteiger partial charge in [-0.3, -0.25) is 9.59 Å².